The topological polar surface area (TPSA) is 96.9 Å². The zero-order valence-corrected chi connectivity index (χ0v) is 10.9. The van der Waals surface area contributed by atoms with Gasteiger partial charge in [0.15, 0.2) is 5.84 Å². The Morgan fingerprint density at radius 2 is 2.19 bits per heavy atom. The van der Waals surface area contributed by atoms with E-state index in [0.717, 1.165) is 6.07 Å². The van der Waals surface area contributed by atoms with Gasteiger partial charge in [-0.3, -0.25) is 4.79 Å². The van der Waals surface area contributed by atoms with E-state index in [1.54, 1.807) is 0 Å². The van der Waals surface area contributed by atoms with Crippen molar-refractivity contribution >= 4 is 17.4 Å². The molecule has 0 aromatic heterocycles. The van der Waals surface area contributed by atoms with Gasteiger partial charge in [0.2, 0.25) is 5.91 Å². The molecule has 0 fully saturated rings. The van der Waals surface area contributed by atoms with E-state index in [4.69, 9.17) is 10.9 Å². The van der Waals surface area contributed by atoms with Crippen molar-refractivity contribution in [2.45, 2.75) is 12.8 Å². The fourth-order valence-electron chi connectivity index (χ4n) is 1.41. The van der Waals surface area contributed by atoms with Gasteiger partial charge in [-0.15, -0.1) is 0 Å². The number of benzene rings is 1. The molecule has 0 heterocycles. The molecule has 1 rings (SSSR count). The Bertz CT molecular complexity index is 524. The van der Waals surface area contributed by atoms with Crippen molar-refractivity contribution in [2.75, 3.05) is 18.5 Å². The number of hydrogen-bond donors (Lipinski definition) is 3. The summed E-state index contributed by atoms with van der Waals surface area (Å²) in [5.74, 6) is -1.66. The summed E-state index contributed by atoms with van der Waals surface area (Å²) in [6, 6.07) is 3.50. The molecule has 0 saturated carbocycles. The Morgan fingerprint density at radius 3 is 2.81 bits per heavy atom. The first-order valence-electron chi connectivity index (χ1n) is 5.87. The van der Waals surface area contributed by atoms with Gasteiger partial charge in [-0.25, -0.2) is 13.2 Å². The quantitative estimate of drug-likeness (QED) is 0.234. The lowest BCUT2D eigenvalue weighted by Crippen LogP contribution is -2.18. The number of oxime groups is 1. The lowest BCUT2D eigenvalue weighted by molar-refractivity contribution is -0.117. The minimum Gasteiger partial charge on any atom is -0.409 e. The molecule has 0 radical (unpaired) electrons. The van der Waals surface area contributed by atoms with Crippen molar-refractivity contribution in [3.63, 3.8) is 0 Å². The van der Waals surface area contributed by atoms with E-state index in [1.807, 2.05) is 0 Å². The first-order chi connectivity index (χ1) is 9.93. The Morgan fingerprint density at radius 1 is 1.48 bits per heavy atom. The van der Waals surface area contributed by atoms with Gasteiger partial charge in [-0.05, 0) is 18.2 Å². The maximum atomic E-state index is 13.4. The minimum absolute atomic E-state index is 0.136. The molecule has 0 bridgehead atoms. The van der Waals surface area contributed by atoms with Gasteiger partial charge in [0, 0.05) is 5.69 Å². The highest BCUT2D eigenvalue weighted by molar-refractivity contribution is 5.99. The number of hydrogen-bond acceptors (Lipinski definition) is 4. The predicted octanol–water partition coefficient (Wildman–Crippen LogP) is 1.53. The molecule has 4 N–H and O–H groups in total. The van der Waals surface area contributed by atoms with Crippen molar-refractivity contribution in [1.29, 1.82) is 0 Å². The van der Waals surface area contributed by atoms with Crippen LogP contribution in [0.1, 0.15) is 12.0 Å². The average molecular weight is 305 g/mol. The first kappa shape index (κ1) is 16.8. The van der Waals surface area contributed by atoms with Crippen LogP contribution in [0.15, 0.2) is 23.4 Å². The molecule has 1 aromatic carbocycles. The van der Waals surface area contributed by atoms with Gasteiger partial charge in [-0.2, -0.15) is 0 Å². The third kappa shape index (κ3) is 5.69. The monoisotopic (exact) mass is 305 g/mol. The van der Waals surface area contributed by atoms with Crippen LogP contribution in [0.3, 0.4) is 0 Å². The molecule has 0 aliphatic rings. The van der Waals surface area contributed by atoms with Crippen molar-refractivity contribution in [2.24, 2.45) is 10.9 Å². The summed E-state index contributed by atoms with van der Waals surface area (Å²) in [6.45, 7) is -0.901. The van der Waals surface area contributed by atoms with Crippen LogP contribution in [0.5, 0.6) is 0 Å². The molecule has 0 unspecified atom stereocenters. The molecule has 0 spiro atoms. The zero-order valence-electron chi connectivity index (χ0n) is 10.9. The number of nitrogens with zero attached hydrogens (tertiary/aromatic N) is 1. The molecule has 0 aliphatic heterocycles. The van der Waals surface area contributed by atoms with Crippen LogP contribution in [0.4, 0.5) is 18.9 Å². The van der Waals surface area contributed by atoms with Crippen molar-refractivity contribution in [3.05, 3.63) is 29.6 Å². The van der Waals surface area contributed by atoms with Gasteiger partial charge in [0.1, 0.15) is 12.4 Å². The van der Waals surface area contributed by atoms with E-state index in [9.17, 15) is 18.0 Å². The number of anilines is 1. The fourth-order valence-corrected chi connectivity index (χ4v) is 1.41. The highest BCUT2D eigenvalue weighted by Gasteiger charge is 2.10. The van der Waals surface area contributed by atoms with Crippen molar-refractivity contribution < 1.29 is 27.9 Å². The smallest absolute Gasteiger partial charge is 0.261 e. The second-order valence-corrected chi connectivity index (χ2v) is 3.94. The number of rotatable bonds is 7. The number of alkyl halides is 2. The normalized spacial score (nSPS) is 11.7. The lowest BCUT2D eigenvalue weighted by Gasteiger charge is -2.08. The van der Waals surface area contributed by atoms with Gasteiger partial charge in [-0.1, -0.05) is 5.16 Å². The van der Waals surface area contributed by atoms with E-state index >= 15 is 0 Å². The summed E-state index contributed by atoms with van der Waals surface area (Å²) >= 11 is 0. The summed E-state index contributed by atoms with van der Waals surface area (Å²) in [6.07, 6.45) is -2.73. The SMILES string of the molecule is N/C(=N/O)c1cc(NC(=O)CCOCC(F)F)ccc1F. The molecular weight excluding hydrogens is 291 g/mol. The molecule has 0 saturated heterocycles. The van der Waals surface area contributed by atoms with Crippen LogP contribution >= 0.6 is 0 Å². The van der Waals surface area contributed by atoms with Crippen LogP contribution in [0.25, 0.3) is 0 Å². The molecule has 1 amide bonds. The van der Waals surface area contributed by atoms with E-state index in [-0.39, 0.29) is 24.3 Å². The lowest BCUT2D eigenvalue weighted by atomic mass is 10.1. The first-order valence-corrected chi connectivity index (χ1v) is 5.87. The highest BCUT2D eigenvalue weighted by atomic mass is 19.3. The number of carbonyl (C=O) groups excluding carboxylic acids is 1. The molecule has 0 atom stereocenters. The second-order valence-electron chi connectivity index (χ2n) is 3.94. The Labute approximate surface area is 118 Å². The van der Waals surface area contributed by atoms with Gasteiger partial charge in [0.25, 0.3) is 6.43 Å². The number of halogens is 3. The highest BCUT2D eigenvalue weighted by Crippen LogP contribution is 2.15. The van der Waals surface area contributed by atoms with Crippen molar-refractivity contribution in [3.8, 4) is 0 Å². The minimum atomic E-state index is -2.59. The summed E-state index contributed by atoms with van der Waals surface area (Å²) in [5.41, 5.74) is 5.32. The number of nitrogens with two attached hydrogens (primary N) is 1. The van der Waals surface area contributed by atoms with E-state index in [1.165, 1.54) is 12.1 Å². The molecule has 0 aliphatic carbocycles. The van der Waals surface area contributed by atoms with Gasteiger partial charge >= 0.3 is 0 Å². The molecule has 1 aromatic rings. The predicted molar refractivity (Wildman–Crippen MR) is 69.0 cm³/mol. The standard InChI is InChI=1S/C12H14F3N3O3/c13-9-2-1-7(5-8(9)12(16)18-20)17-11(19)3-4-21-6-10(14)15/h1-2,5,10,20H,3-4,6H2,(H2,16,18)(H,17,19). The number of amidine groups is 1. The fraction of sp³-hybridized carbons (Fsp3) is 0.333. The van der Waals surface area contributed by atoms with E-state index in [2.05, 4.69) is 15.2 Å². The molecule has 9 heteroatoms. The van der Waals surface area contributed by atoms with Crippen LogP contribution < -0.4 is 11.1 Å². The summed E-state index contributed by atoms with van der Waals surface area (Å²) < 4.78 is 41.5. The number of ether oxygens (including phenoxy) is 1. The number of carbonyl (C=O) groups is 1. The van der Waals surface area contributed by atoms with Crippen molar-refractivity contribution in [1.82, 2.24) is 0 Å². The maximum absolute atomic E-state index is 13.4. The summed E-state index contributed by atoms with van der Waals surface area (Å²) in [5, 5.41) is 13.6. The zero-order chi connectivity index (χ0) is 15.8. The maximum Gasteiger partial charge on any atom is 0.261 e. The third-order valence-corrected chi connectivity index (χ3v) is 2.35. The Balaban J connectivity index is 2.57. The molecular formula is C12H14F3N3O3. The molecule has 116 valence electrons. The van der Waals surface area contributed by atoms with Gasteiger partial charge in [0.05, 0.1) is 18.6 Å². The molecule has 6 nitrogen and oxygen atoms in total. The number of nitrogens with one attached hydrogen (secondary N) is 1. The number of amides is 1. The molecule has 21 heavy (non-hydrogen) atoms. The Hall–Kier alpha value is -2.29. The summed E-state index contributed by atoms with van der Waals surface area (Å²) in [7, 11) is 0. The van der Waals surface area contributed by atoms with E-state index < -0.39 is 30.6 Å². The second kappa shape index (κ2) is 8.10. The van der Waals surface area contributed by atoms with Crippen LogP contribution in [0.2, 0.25) is 0 Å². The summed E-state index contributed by atoms with van der Waals surface area (Å²) in [4.78, 5) is 11.5. The van der Waals surface area contributed by atoms with Crippen LogP contribution in [-0.4, -0.2) is 36.6 Å². The van der Waals surface area contributed by atoms with E-state index in [0.29, 0.717) is 0 Å². The average Bonchev–Trinajstić information content (AvgIpc) is 2.44. The third-order valence-electron chi connectivity index (χ3n) is 2.35. The largest absolute Gasteiger partial charge is 0.409 e. The van der Waals surface area contributed by atoms with Gasteiger partial charge < -0.3 is 21.0 Å². The Kier molecular flexibility index (Phi) is 6.47. The van der Waals surface area contributed by atoms with Crippen LogP contribution in [0, 0.1) is 5.82 Å². The van der Waals surface area contributed by atoms with Crippen LogP contribution in [-0.2, 0) is 9.53 Å².